The van der Waals surface area contributed by atoms with E-state index < -0.39 is 0 Å². The average molecular weight is 552 g/mol. The molecule has 0 bridgehead atoms. The molecule has 0 aliphatic heterocycles. The number of hydrogen-bond donors (Lipinski definition) is 0. The predicted molar refractivity (Wildman–Crippen MR) is 167 cm³/mol. The number of hydrogen-bond acceptors (Lipinski definition) is 1. The Bertz CT molecular complexity index is 931. The van der Waals surface area contributed by atoms with Crippen LogP contribution in [0.4, 0.5) is 4.39 Å². The summed E-state index contributed by atoms with van der Waals surface area (Å²) in [7, 11) is 1.87. The van der Waals surface area contributed by atoms with Crippen LogP contribution in [0, 0.1) is 29.5 Å². The molecule has 0 atom stereocenters. The third-order valence-electron chi connectivity index (χ3n) is 11.1. The maximum Gasteiger partial charge on any atom is 0.248 e. The summed E-state index contributed by atoms with van der Waals surface area (Å²) in [5, 5.41) is 0. The van der Waals surface area contributed by atoms with Crippen LogP contribution in [0.15, 0.2) is 30.4 Å². The highest BCUT2D eigenvalue weighted by atomic mass is 19.1. The Morgan fingerprint density at radius 3 is 1.95 bits per heavy atom. The zero-order chi connectivity index (χ0) is 28.5. The van der Waals surface area contributed by atoms with Gasteiger partial charge in [0, 0.05) is 19.2 Å². The van der Waals surface area contributed by atoms with E-state index in [9.17, 15) is 4.79 Å². The van der Waals surface area contributed by atoms with Crippen molar-refractivity contribution < 1.29 is 9.18 Å². The van der Waals surface area contributed by atoms with E-state index in [0.717, 1.165) is 55.0 Å². The predicted octanol–water partition coefficient (Wildman–Crippen LogP) is 10.6. The number of likely N-dealkylation sites (N-methyl/N-ethyl adjacent to an activating group) is 1. The summed E-state index contributed by atoms with van der Waals surface area (Å²) in [6.45, 7) is 8.65. The van der Waals surface area contributed by atoms with E-state index in [4.69, 9.17) is 0 Å². The zero-order valence-corrected chi connectivity index (χ0v) is 26.1. The summed E-state index contributed by atoms with van der Waals surface area (Å²) >= 11 is 0. The maximum atomic E-state index is 15.4. The summed E-state index contributed by atoms with van der Waals surface area (Å²) in [5.41, 5.74) is 2.82. The maximum absolute atomic E-state index is 15.4. The van der Waals surface area contributed by atoms with Gasteiger partial charge in [-0.15, -0.1) is 0 Å². The minimum atomic E-state index is 0.0534. The van der Waals surface area contributed by atoms with Gasteiger partial charge in [-0.3, -0.25) is 4.79 Å². The van der Waals surface area contributed by atoms with Crippen molar-refractivity contribution in [3.05, 3.63) is 47.3 Å². The van der Waals surface area contributed by atoms with Crippen molar-refractivity contribution >= 4 is 5.91 Å². The third kappa shape index (κ3) is 8.68. The highest BCUT2D eigenvalue weighted by molar-refractivity contribution is 5.91. The molecule has 1 aromatic rings. The number of halogens is 1. The van der Waals surface area contributed by atoms with Gasteiger partial charge in [0.25, 0.3) is 0 Å². The standard InChI is InChI=1S/C37H58FNO/c1-5-6-7-9-28-11-15-30(16-12-28)31-19-21-33(22-20-31)35-24-23-34(26-36(35)38)32-17-13-29(14-18-32)10-8-25-39(4)37(40)27(2)3/h23-24,26,28-33H,2,5-22,25H2,1,3-4H3. The van der Waals surface area contributed by atoms with Crippen LogP contribution in [0.2, 0.25) is 0 Å². The summed E-state index contributed by atoms with van der Waals surface area (Å²) in [4.78, 5) is 13.8. The highest BCUT2D eigenvalue weighted by Gasteiger charge is 2.32. The topological polar surface area (TPSA) is 20.3 Å². The molecule has 2 nitrogen and oxygen atoms in total. The first-order valence-electron chi connectivity index (χ1n) is 17.1. The molecule has 1 aromatic carbocycles. The quantitative estimate of drug-likeness (QED) is 0.187. The Morgan fingerprint density at radius 1 is 0.825 bits per heavy atom. The molecule has 0 radical (unpaired) electrons. The number of carbonyl (C=O) groups is 1. The Balaban J connectivity index is 1.17. The first kappa shape index (κ1) is 31.3. The fraction of sp³-hybridized carbons (Fsp3) is 0.757. The van der Waals surface area contributed by atoms with E-state index in [0.29, 0.717) is 17.4 Å². The highest BCUT2D eigenvalue weighted by Crippen LogP contribution is 2.45. The molecule has 0 heterocycles. The first-order valence-corrected chi connectivity index (χ1v) is 17.1. The van der Waals surface area contributed by atoms with E-state index in [-0.39, 0.29) is 11.7 Å². The second-order valence-corrected chi connectivity index (χ2v) is 14.0. The second-order valence-electron chi connectivity index (χ2n) is 14.0. The van der Waals surface area contributed by atoms with Gasteiger partial charge in [-0.2, -0.15) is 0 Å². The second kappa shape index (κ2) is 15.5. The van der Waals surface area contributed by atoms with Gasteiger partial charge < -0.3 is 4.90 Å². The van der Waals surface area contributed by atoms with Gasteiger partial charge >= 0.3 is 0 Å². The molecule has 1 amide bonds. The van der Waals surface area contributed by atoms with Crippen LogP contribution < -0.4 is 0 Å². The molecule has 40 heavy (non-hydrogen) atoms. The number of carbonyl (C=O) groups excluding carboxylic acids is 1. The van der Waals surface area contributed by atoms with Crippen LogP contribution in [0.3, 0.4) is 0 Å². The Morgan fingerprint density at radius 2 is 1.38 bits per heavy atom. The SMILES string of the molecule is C=C(C)C(=O)N(C)CCCC1CCC(c2ccc(C3CCC(C4CCC(CCCCC)CC4)CC3)c(F)c2)CC1. The molecule has 3 aliphatic rings. The van der Waals surface area contributed by atoms with Crippen LogP contribution in [0.25, 0.3) is 0 Å². The average Bonchev–Trinajstić information content (AvgIpc) is 2.97. The van der Waals surface area contributed by atoms with E-state index in [1.807, 2.05) is 13.1 Å². The normalized spacial score (nSPS) is 29.2. The van der Waals surface area contributed by atoms with Gasteiger partial charge in [-0.05, 0) is 137 Å². The number of benzene rings is 1. The molecule has 3 fully saturated rings. The van der Waals surface area contributed by atoms with Crippen LogP contribution in [-0.4, -0.2) is 24.4 Å². The minimum absolute atomic E-state index is 0.0534. The largest absolute Gasteiger partial charge is 0.342 e. The van der Waals surface area contributed by atoms with E-state index in [1.165, 1.54) is 102 Å². The third-order valence-corrected chi connectivity index (χ3v) is 11.1. The van der Waals surface area contributed by atoms with Crippen LogP contribution in [0.1, 0.15) is 152 Å². The van der Waals surface area contributed by atoms with Crippen LogP contribution >= 0.6 is 0 Å². The molecule has 3 heteroatoms. The van der Waals surface area contributed by atoms with E-state index >= 15 is 4.39 Å². The van der Waals surface area contributed by atoms with Crippen molar-refractivity contribution in [1.82, 2.24) is 4.90 Å². The molecule has 0 aromatic heterocycles. The molecule has 0 N–H and O–H groups in total. The molecule has 4 rings (SSSR count). The molecule has 224 valence electrons. The Hall–Kier alpha value is -1.64. The molecule has 3 aliphatic carbocycles. The lowest BCUT2D eigenvalue weighted by Crippen LogP contribution is -2.28. The van der Waals surface area contributed by atoms with Crippen molar-refractivity contribution in [3.63, 3.8) is 0 Å². The van der Waals surface area contributed by atoms with Gasteiger partial charge in [0.15, 0.2) is 0 Å². The number of amides is 1. The van der Waals surface area contributed by atoms with Crippen molar-refractivity contribution in [1.29, 1.82) is 0 Å². The van der Waals surface area contributed by atoms with Gasteiger partial charge in [-0.25, -0.2) is 4.39 Å². The molecular formula is C37H58FNO. The van der Waals surface area contributed by atoms with Gasteiger partial charge in [0.1, 0.15) is 5.82 Å². The van der Waals surface area contributed by atoms with Gasteiger partial charge in [0.2, 0.25) is 5.91 Å². The number of rotatable bonds is 12. The summed E-state index contributed by atoms with van der Waals surface area (Å²) in [6, 6.07) is 6.30. The monoisotopic (exact) mass is 551 g/mol. The van der Waals surface area contributed by atoms with Crippen LogP contribution in [0.5, 0.6) is 0 Å². The molecule has 0 saturated heterocycles. The van der Waals surface area contributed by atoms with Gasteiger partial charge in [0.05, 0.1) is 0 Å². The minimum Gasteiger partial charge on any atom is -0.342 e. The summed E-state index contributed by atoms with van der Waals surface area (Å²) in [6.07, 6.45) is 23.4. The number of unbranched alkanes of at least 4 members (excludes halogenated alkanes) is 2. The zero-order valence-electron chi connectivity index (χ0n) is 26.1. The molecule has 0 unspecified atom stereocenters. The molecule has 3 saturated carbocycles. The van der Waals surface area contributed by atoms with E-state index in [2.05, 4.69) is 25.6 Å². The molecular weight excluding hydrogens is 493 g/mol. The van der Waals surface area contributed by atoms with Gasteiger partial charge in [-0.1, -0.05) is 64.2 Å². The lowest BCUT2D eigenvalue weighted by molar-refractivity contribution is -0.125. The lowest BCUT2D eigenvalue weighted by atomic mass is 9.68. The summed E-state index contributed by atoms with van der Waals surface area (Å²) < 4.78 is 15.4. The molecule has 0 spiro atoms. The first-order chi connectivity index (χ1) is 19.4. The van der Waals surface area contributed by atoms with E-state index in [1.54, 1.807) is 11.8 Å². The fourth-order valence-corrected chi connectivity index (χ4v) is 8.49. The van der Waals surface area contributed by atoms with Crippen molar-refractivity contribution in [2.24, 2.45) is 23.7 Å². The Labute approximate surface area is 245 Å². The van der Waals surface area contributed by atoms with Crippen molar-refractivity contribution in [3.8, 4) is 0 Å². The fourth-order valence-electron chi connectivity index (χ4n) is 8.49. The summed E-state index contributed by atoms with van der Waals surface area (Å²) in [5.74, 6) is 4.58. The van der Waals surface area contributed by atoms with Crippen molar-refractivity contribution in [2.45, 2.75) is 141 Å². The number of nitrogens with zero attached hydrogens (tertiary/aromatic N) is 1. The lowest BCUT2D eigenvalue weighted by Gasteiger charge is -2.38. The van der Waals surface area contributed by atoms with Crippen molar-refractivity contribution in [2.75, 3.05) is 13.6 Å². The Kier molecular flexibility index (Phi) is 12.2. The smallest absolute Gasteiger partial charge is 0.248 e. The van der Waals surface area contributed by atoms with Crippen LogP contribution in [-0.2, 0) is 4.79 Å².